The van der Waals surface area contributed by atoms with Crippen LogP contribution in [-0.4, -0.2) is 38.0 Å². The molecule has 2 N–H and O–H groups in total. The lowest BCUT2D eigenvalue weighted by atomic mass is 10.2. The van der Waals surface area contributed by atoms with Crippen LogP contribution in [0, 0.1) is 0 Å². The van der Waals surface area contributed by atoms with Crippen molar-refractivity contribution in [3.8, 4) is 0 Å². The predicted octanol–water partition coefficient (Wildman–Crippen LogP) is 1.94. The van der Waals surface area contributed by atoms with Crippen molar-refractivity contribution in [3.05, 3.63) is 5.82 Å². The Morgan fingerprint density at radius 2 is 1.91 bits per heavy atom. The monoisotopic (exact) mass is 337 g/mol. The first-order chi connectivity index (χ1) is 11.0. The summed E-state index contributed by atoms with van der Waals surface area (Å²) in [6, 6.07) is -0.198. The van der Waals surface area contributed by atoms with Gasteiger partial charge in [0.1, 0.15) is 5.82 Å². The Hall–Kier alpha value is -1.57. The van der Waals surface area contributed by atoms with E-state index in [0.717, 1.165) is 44.3 Å². The van der Waals surface area contributed by atoms with Crippen molar-refractivity contribution in [2.75, 3.05) is 0 Å². The molecule has 3 rings (SSSR count). The van der Waals surface area contributed by atoms with Crippen LogP contribution < -0.4 is 10.6 Å². The molecule has 1 atom stereocenters. The summed E-state index contributed by atoms with van der Waals surface area (Å²) < 4.78 is 1.95. The van der Waals surface area contributed by atoms with Gasteiger partial charge in [-0.15, -0.1) is 10.2 Å². The van der Waals surface area contributed by atoms with Gasteiger partial charge in [0, 0.05) is 19.0 Å². The van der Waals surface area contributed by atoms with Gasteiger partial charge >= 0.3 is 6.03 Å². The summed E-state index contributed by atoms with van der Waals surface area (Å²) in [5, 5.41) is 13.9. The summed E-state index contributed by atoms with van der Waals surface area (Å²) in [5.41, 5.74) is 0. The molecule has 0 radical (unpaired) electrons. The van der Waals surface area contributed by atoms with Crippen LogP contribution in [-0.2, 0) is 11.8 Å². The van der Waals surface area contributed by atoms with E-state index < -0.39 is 11.3 Å². The maximum atomic E-state index is 12.1. The normalized spacial score (nSPS) is 19.6. The molecule has 126 valence electrons. The molecule has 0 aromatic carbocycles. The first-order valence-electron chi connectivity index (χ1n) is 8.22. The average molecular weight is 337 g/mol. The fourth-order valence-corrected chi connectivity index (χ4v) is 3.66. The van der Waals surface area contributed by atoms with Gasteiger partial charge < -0.3 is 9.88 Å². The minimum atomic E-state index is -0.403. The van der Waals surface area contributed by atoms with Gasteiger partial charge in [-0.25, -0.2) is 4.79 Å². The van der Waals surface area contributed by atoms with E-state index in [9.17, 15) is 9.59 Å². The summed E-state index contributed by atoms with van der Waals surface area (Å²) in [7, 11) is 1.92. The Balaban J connectivity index is 1.49. The topological polar surface area (TPSA) is 88.9 Å². The molecule has 1 heterocycles. The summed E-state index contributed by atoms with van der Waals surface area (Å²) in [6.07, 6.45) is 6.59. The van der Waals surface area contributed by atoms with E-state index in [1.807, 2.05) is 11.6 Å². The fraction of sp³-hybridized carbons (Fsp3) is 0.733. The Morgan fingerprint density at radius 3 is 2.57 bits per heavy atom. The second-order valence-corrected chi connectivity index (χ2v) is 7.69. The standard InChI is InChI=1S/C15H23N5O2S/c1-9(13(21)17-14(22)16-11-5-3-4-6-11)23-15-19-18-12(20(15)2)10-7-8-10/h9-11H,3-8H2,1-2H3,(H2,16,17,21,22)/t9-/m1/s1. The number of amides is 3. The van der Waals surface area contributed by atoms with Crippen LogP contribution in [0.5, 0.6) is 0 Å². The number of thioether (sulfide) groups is 1. The number of hydrogen-bond donors (Lipinski definition) is 2. The number of imide groups is 1. The molecule has 0 unspecified atom stereocenters. The lowest BCUT2D eigenvalue weighted by Gasteiger charge is -2.14. The molecule has 3 amide bonds. The molecule has 0 saturated heterocycles. The molecule has 2 aliphatic carbocycles. The van der Waals surface area contributed by atoms with Crippen LogP contribution in [0.25, 0.3) is 0 Å². The quantitative estimate of drug-likeness (QED) is 0.802. The largest absolute Gasteiger partial charge is 0.335 e. The maximum Gasteiger partial charge on any atom is 0.321 e. The third kappa shape index (κ3) is 4.04. The number of urea groups is 1. The molecule has 2 saturated carbocycles. The Bertz CT molecular complexity index is 593. The minimum absolute atomic E-state index is 0.200. The van der Waals surface area contributed by atoms with Crippen LogP contribution in [0.2, 0.25) is 0 Å². The van der Waals surface area contributed by atoms with Gasteiger partial charge in [0.2, 0.25) is 5.91 Å². The first kappa shape index (κ1) is 16.3. The summed E-state index contributed by atoms with van der Waals surface area (Å²) >= 11 is 1.33. The van der Waals surface area contributed by atoms with Crippen molar-refractivity contribution in [2.45, 2.75) is 67.8 Å². The third-order valence-corrected chi connectivity index (χ3v) is 5.52. The lowest BCUT2D eigenvalue weighted by molar-refractivity contribution is -0.119. The molecular formula is C15H23N5O2S. The molecule has 8 heteroatoms. The van der Waals surface area contributed by atoms with E-state index in [2.05, 4.69) is 20.8 Å². The van der Waals surface area contributed by atoms with Crippen molar-refractivity contribution in [3.63, 3.8) is 0 Å². The maximum absolute atomic E-state index is 12.1. The Morgan fingerprint density at radius 1 is 1.22 bits per heavy atom. The second-order valence-electron chi connectivity index (χ2n) is 6.38. The smallest absolute Gasteiger partial charge is 0.321 e. The van der Waals surface area contributed by atoms with Crippen molar-refractivity contribution < 1.29 is 9.59 Å². The highest BCUT2D eigenvalue weighted by Gasteiger charge is 2.30. The van der Waals surface area contributed by atoms with Crippen molar-refractivity contribution in [1.82, 2.24) is 25.4 Å². The zero-order chi connectivity index (χ0) is 16.4. The number of aromatic nitrogens is 3. The SMILES string of the molecule is C[C@@H](Sc1nnc(C2CC2)n1C)C(=O)NC(=O)NC1CCCC1. The van der Waals surface area contributed by atoms with Gasteiger partial charge in [0.05, 0.1) is 5.25 Å². The second kappa shape index (κ2) is 6.90. The Kier molecular flexibility index (Phi) is 4.89. The Labute approximate surface area is 140 Å². The van der Waals surface area contributed by atoms with E-state index in [0.29, 0.717) is 11.1 Å². The van der Waals surface area contributed by atoms with Crippen LogP contribution in [0.3, 0.4) is 0 Å². The van der Waals surface area contributed by atoms with Crippen LogP contribution in [0.15, 0.2) is 5.16 Å². The molecule has 0 aliphatic heterocycles. The van der Waals surface area contributed by atoms with Gasteiger partial charge in [0.15, 0.2) is 5.16 Å². The molecule has 2 fully saturated rings. The zero-order valence-corrected chi connectivity index (χ0v) is 14.4. The molecular weight excluding hydrogens is 314 g/mol. The summed E-state index contributed by atoms with van der Waals surface area (Å²) in [4.78, 5) is 24.0. The molecule has 1 aromatic heterocycles. The number of carbonyl (C=O) groups is 2. The molecule has 2 aliphatic rings. The van der Waals surface area contributed by atoms with Crippen molar-refractivity contribution >= 4 is 23.7 Å². The van der Waals surface area contributed by atoms with Crippen LogP contribution >= 0.6 is 11.8 Å². The summed E-state index contributed by atoms with van der Waals surface area (Å²) in [6.45, 7) is 1.77. The number of hydrogen-bond acceptors (Lipinski definition) is 5. The summed E-state index contributed by atoms with van der Waals surface area (Å²) in [5.74, 6) is 1.20. The van der Waals surface area contributed by atoms with E-state index in [1.165, 1.54) is 11.8 Å². The fourth-order valence-electron chi connectivity index (χ4n) is 2.84. The lowest BCUT2D eigenvalue weighted by Crippen LogP contribution is -2.45. The van der Waals surface area contributed by atoms with Crippen molar-refractivity contribution in [2.24, 2.45) is 7.05 Å². The van der Waals surface area contributed by atoms with Gasteiger partial charge in [-0.1, -0.05) is 24.6 Å². The third-order valence-electron chi connectivity index (χ3n) is 4.39. The van der Waals surface area contributed by atoms with Gasteiger partial charge in [-0.2, -0.15) is 0 Å². The van der Waals surface area contributed by atoms with Crippen molar-refractivity contribution in [1.29, 1.82) is 0 Å². The average Bonchev–Trinajstić information content (AvgIpc) is 3.11. The highest BCUT2D eigenvalue weighted by molar-refractivity contribution is 8.00. The van der Waals surface area contributed by atoms with Gasteiger partial charge in [0.25, 0.3) is 0 Å². The van der Waals surface area contributed by atoms with Crippen LogP contribution in [0.4, 0.5) is 4.79 Å². The number of nitrogens with zero attached hydrogens (tertiary/aromatic N) is 3. The first-order valence-corrected chi connectivity index (χ1v) is 9.10. The van der Waals surface area contributed by atoms with E-state index >= 15 is 0 Å². The molecule has 23 heavy (non-hydrogen) atoms. The van der Waals surface area contributed by atoms with Gasteiger partial charge in [-0.3, -0.25) is 10.1 Å². The van der Waals surface area contributed by atoms with Crippen LogP contribution in [0.1, 0.15) is 57.2 Å². The number of nitrogens with one attached hydrogen (secondary N) is 2. The highest BCUT2D eigenvalue weighted by atomic mass is 32.2. The number of rotatable bonds is 5. The minimum Gasteiger partial charge on any atom is -0.335 e. The van der Waals surface area contributed by atoms with E-state index in [1.54, 1.807) is 6.92 Å². The molecule has 7 nitrogen and oxygen atoms in total. The molecule has 1 aromatic rings. The number of carbonyl (C=O) groups excluding carboxylic acids is 2. The molecule has 0 bridgehead atoms. The zero-order valence-electron chi connectivity index (χ0n) is 13.5. The molecule has 0 spiro atoms. The van der Waals surface area contributed by atoms with E-state index in [-0.39, 0.29) is 11.9 Å². The van der Waals surface area contributed by atoms with Gasteiger partial charge in [-0.05, 0) is 32.6 Å². The predicted molar refractivity (Wildman–Crippen MR) is 87.2 cm³/mol. The van der Waals surface area contributed by atoms with E-state index in [4.69, 9.17) is 0 Å². The highest BCUT2D eigenvalue weighted by Crippen LogP contribution is 2.39.